The summed E-state index contributed by atoms with van der Waals surface area (Å²) in [5, 5.41) is 5.04. The van der Waals surface area contributed by atoms with Gasteiger partial charge >= 0.3 is 5.97 Å². The van der Waals surface area contributed by atoms with Gasteiger partial charge in [0.05, 0.1) is 18.8 Å². The first-order valence-corrected chi connectivity index (χ1v) is 9.78. The third kappa shape index (κ3) is 3.23. The van der Waals surface area contributed by atoms with Crippen LogP contribution in [0.5, 0.6) is 0 Å². The molecule has 0 fully saturated rings. The Morgan fingerprint density at radius 1 is 1.31 bits per heavy atom. The quantitative estimate of drug-likeness (QED) is 0.450. The van der Waals surface area contributed by atoms with Crippen molar-refractivity contribution in [1.82, 2.24) is 24.1 Å². The van der Waals surface area contributed by atoms with Gasteiger partial charge in [-0.05, 0) is 20.3 Å². The number of aromatic nitrogens is 5. The Hall–Kier alpha value is -3.34. The van der Waals surface area contributed by atoms with Gasteiger partial charge in [0.25, 0.3) is 11.1 Å². The normalized spacial score (nSPS) is 11.4. The molecule has 0 N–H and O–H groups in total. The maximum absolute atomic E-state index is 13.0. The second-order valence-electron chi connectivity index (χ2n) is 6.24. The van der Waals surface area contributed by atoms with Crippen LogP contribution in [0.1, 0.15) is 40.7 Å². The summed E-state index contributed by atoms with van der Waals surface area (Å²) < 4.78 is 13.0. The molecule has 4 aromatic rings. The molecule has 0 radical (unpaired) electrons. The standard InChI is InChI=1S/C18H17N5O5S/c1-4-11-21-23-12(24)6-10(20-18(23)29-11)7-22-8-19-15-14(16(22)25)13(9(3)28-15)17(26)27-5-2/h6,8H,4-5,7H2,1-3H3. The van der Waals surface area contributed by atoms with E-state index in [-0.39, 0.29) is 41.1 Å². The summed E-state index contributed by atoms with van der Waals surface area (Å²) in [5.74, 6) is -0.384. The number of carbonyl (C=O) groups excluding carboxylic acids is 1. The van der Waals surface area contributed by atoms with E-state index in [4.69, 9.17) is 9.15 Å². The van der Waals surface area contributed by atoms with E-state index >= 15 is 0 Å². The Balaban J connectivity index is 1.81. The highest BCUT2D eigenvalue weighted by Gasteiger charge is 2.24. The van der Waals surface area contributed by atoms with E-state index in [1.54, 1.807) is 13.8 Å². The maximum atomic E-state index is 13.0. The zero-order chi connectivity index (χ0) is 20.7. The van der Waals surface area contributed by atoms with Crippen LogP contribution >= 0.6 is 11.3 Å². The third-order valence-electron chi connectivity index (χ3n) is 4.31. The van der Waals surface area contributed by atoms with Gasteiger partial charge in [0, 0.05) is 6.07 Å². The lowest BCUT2D eigenvalue weighted by molar-refractivity contribution is 0.0526. The molecule has 29 heavy (non-hydrogen) atoms. The lowest BCUT2D eigenvalue weighted by atomic mass is 10.2. The van der Waals surface area contributed by atoms with Crippen LogP contribution in [0.15, 0.2) is 26.4 Å². The van der Waals surface area contributed by atoms with Crippen LogP contribution in [0.4, 0.5) is 0 Å². The SMILES string of the molecule is CCOC(=O)c1c(C)oc2ncn(Cc3cc(=O)n4nc(CC)sc4n3)c(=O)c12. The van der Waals surface area contributed by atoms with Crippen LogP contribution in [0.3, 0.4) is 0 Å². The molecule has 11 heteroatoms. The first-order valence-electron chi connectivity index (χ1n) is 8.97. The fraction of sp³-hybridized carbons (Fsp3) is 0.333. The average Bonchev–Trinajstić information content (AvgIpc) is 3.25. The molecule has 0 aliphatic rings. The number of esters is 1. The van der Waals surface area contributed by atoms with E-state index < -0.39 is 11.5 Å². The summed E-state index contributed by atoms with van der Waals surface area (Å²) in [4.78, 5) is 46.6. The Morgan fingerprint density at radius 2 is 2.10 bits per heavy atom. The fourth-order valence-corrected chi connectivity index (χ4v) is 3.85. The van der Waals surface area contributed by atoms with Crippen molar-refractivity contribution in [2.24, 2.45) is 0 Å². The number of carbonyl (C=O) groups is 1. The number of hydrogen-bond acceptors (Lipinski definition) is 9. The summed E-state index contributed by atoms with van der Waals surface area (Å²) in [5.41, 5.74) is -0.287. The highest BCUT2D eigenvalue weighted by Crippen LogP contribution is 2.22. The van der Waals surface area contributed by atoms with E-state index in [2.05, 4.69) is 15.1 Å². The number of fused-ring (bicyclic) bond motifs is 2. The molecular weight excluding hydrogens is 398 g/mol. The van der Waals surface area contributed by atoms with E-state index in [0.29, 0.717) is 17.1 Å². The highest BCUT2D eigenvalue weighted by atomic mass is 32.1. The molecule has 150 valence electrons. The number of rotatable bonds is 5. The van der Waals surface area contributed by atoms with Crippen LogP contribution in [0.25, 0.3) is 16.1 Å². The van der Waals surface area contributed by atoms with E-state index in [1.807, 2.05) is 6.92 Å². The summed E-state index contributed by atoms with van der Waals surface area (Å²) in [6, 6.07) is 1.33. The molecule has 0 aromatic carbocycles. The van der Waals surface area contributed by atoms with Gasteiger partial charge in [-0.2, -0.15) is 9.61 Å². The van der Waals surface area contributed by atoms with Gasteiger partial charge in [0.2, 0.25) is 10.7 Å². The second kappa shape index (κ2) is 7.24. The number of nitrogens with zero attached hydrogens (tertiary/aromatic N) is 5. The molecule has 0 spiro atoms. The van der Waals surface area contributed by atoms with Gasteiger partial charge in [-0.25, -0.2) is 14.8 Å². The predicted molar refractivity (Wildman–Crippen MR) is 105 cm³/mol. The van der Waals surface area contributed by atoms with E-state index in [9.17, 15) is 14.4 Å². The van der Waals surface area contributed by atoms with Gasteiger partial charge in [-0.15, -0.1) is 0 Å². The zero-order valence-electron chi connectivity index (χ0n) is 16.0. The number of ether oxygens (including phenoxy) is 1. The van der Waals surface area contributed by atoms with Crippen LogP contribution in [0, 0.1) is 6.92 Å². The first-order chi connectivity index (χ1) is 13.9. The lowest BCUT2D eigenvalue weighted by Crippen LogP contribution is -2.24. The average molecular weight is 415 g/mol. The zero-order valence-corrected chi connectivity index (χ0v) is 16.8. The summed E-state index contributed by atoms with van der Waals surface area (Å²) >= 11 is 1.32. The minimum Gasteiger partial charge on any atom is -0.462 e. The number of hydrogen-bond donors (Lipinski definition) is 0. The van der Waals surface area contributed by atoms with Crippen LogP contribution < -0.4 is 11.1 Å². The molecule has 10 nitrogen and oxygen atoms in total. The van der Waals surface area contributed by atoms with Crippen molar-refractivity contribution in [3.63, 3.8) is 0 Å². The molecule has 0 bridgehead atoms. The topological polar surface area (TPSA) is 122 Å². The second-order valence-corrected chi connectivity index (χ2v) is 7.28. The molecule has 4 aromatic heterocycles. The van der Waals surface area contributed by atoms with Crippen molar-refractivity contribution >= 4 is 33.4 Å². The van der Waals surface area contributed by atoms with Crippen LogP contribution in [-0.4, -0.2) is 36.7 Å². The van der Waals surface area contributed by atoms with Gasteiger partial charge in [0.1, 0.15) is 28.0 Å². The lowest BCUT2D eigenvalue weighted by Gasteiger charge is -2.05. The minimum atomic E-state index is -0.644. The molecular formula is C18H17N5O5S. The summed E-state index contributed by atoms with van der Waals surface area (Å²) in [6.07, 6.45) is 2.00. The predicted octanol–water partition coefficient (Wildman–Crippen LogP) is 1.55. The highest BCUT2D eigenvalue weighted by molar-refractivity contribution is 7.16. The van der Waals surface area contributed by atoms with Crippen LogP contribution in [0.2, 0.25) is 0 Å². The Labute approximate surface area is 167 Å². The summed E-state index contributed by atoms with van der Waals surface area (Å²) in [7, 11) is 0. The van der Waals surface area contributed by atoms with Crippen molar-refractivity contribution in [3.05, 3.63) is 55.1 Å². The molecule has 0 saturated heterocycles. The van der Waals surface area contributed by atoms with E-state index in [0.717, 1.165) is 5.01 Å². The fourth-order valence-electron chi connectivity index (χ4n) is 2.99. The van der Waals surface area contributed by atoms with E-state index in [1.165, 1.54) is 32.8 Å². The van der Waals surface area contributed by atoms with Crippen LogP contribution in [-0.2, 0) is 17.7 Å². The Morgan fingerprint density at radius 3 is 2.83 bits per heavy atom. The smallest absolute Gasteiger partial charge is 0.342 e. The first kappa shape index (κ1) is 19.0. The molecule has 0 atom stereocenters. The van der Waals surface area contributed by atoms with Crippen molar-refractivity contribution < 1.29 is 13.9 Å². The van der Waals surface area contributed by atoms with Gasteiger partial charge in [-0.3, -0.25) is 14.2 Å². The minimum absolute atomic E-state index is 0.0133. The monoisotopic (exact) mass is 415 g/mol. The van der Waals surface area contributed by atoms with Crippen molar-refractivity contribution in [3.8, 4) is 0 Å². The number of furan rings is 1. The largest absolute Gasteiger partial charge is 0.462 e. The van der Waals surface area contributed by atoms with Gasteiger partial charge in [-0.1, -0.05) is 18.3 Å². The molecule has 4 heterocycles. The maximum Gasteiger partial charge on any atom is 0.342 e. The molecule has 0 unspecified atom stereocenters. The van der Waals surface area contributed by atoms with Gasteiger partial charge in [0.15, 0.2) is 0 Å². The number of aryl methyl sites for hydroxylation is 2. The third-order valence-corrected chi connectivity index (χ3v) is 5.36. The van der Waals surface area contributed by atoms with Crippen molar-refractivity contribution in [2.45, 2.75) is 33.7 Å². The van der Waals surface area contributed by atoms with Crippen molar-refractivity contribution in [2.75, 3.05) is 6.61 Å². The summed E-state index contributed by atoms with van der Waals surface area (Å²) in [6.45, 7) is 5.37. The molecule has 0 amide bonds. The molecule has 0 aliphatic heterocycles. The molecule has 4 rings (SSSR count). The van der Waals surface area contributed by atoms with Gasteiger partial charge < -0.3 is 9.15 Å². The molecule has 0 saturated carbocycles. The Bertz CT molecular complexity index is 1360. The Kier molecular flexibility index (Phi) is 4.74. The van der Waals surface area contributed by atoms with Crippen molar-refractivity contribution in [1.29, 1.82) is 0 Å². The molecule has 0 aliphatic carbocycles.